The van der Waals surface area contributed by atoms with Gasteiger partial charge in [-0.25, -0.2) is 0 Å². The second-order valence-corrected chi connectivity index (χ2v) is 4.72. The predicted octanol–water partition coefficient (Wildman–Crippen LogP) is -0.837. The second-order valence-electron chi connectivity index (χ2n) is 4.72. The Morgan fingerprint density at radius 3 is 2.60 bits per heavy atom. The lowest BCUT2D eigenvalue weighted by Gasteiger charge is -2.39. The normalized spacial score (nSPS) is 17.7. The zero-order valence-corrected chi connectivity index (χ0v) is 11.7. The van der Waals surface area contributed by atoms with Gasteiger partial charge in [0.15, 0.2) is 0 Å². The number of amides is 2. The zero-order chi connectivity index (χ0) is 14.9. The highest BCUT2D eigenvalue weighted by Gasteiger charge is 2.42. The third-order valence-corrected chi connectivity index (χ3v) is 3.04. The molecule has 2 heterocycles. The maximum absolute atomic E-state index is 11.9. The maximum atomic E-state index is 11.9. The van der Waals surface area contributed by atoms with E-state index in [1.165, 1.54) is 12.0 Å². The molecule has 0 bridgehead atoms. The van der Waals surface area contributed by atoms with E-state index >= 15 is 0 Å². The zero-order valence-electron chi connectivity index (χ0n) is 11.7. The summed E-state index contributed by atoms with van der Waals surface area (Å²) >= 11 is 0. The smallest absolute Gasteiger partial charge is 0.322 e. The molecule has 1 saturated heterocycles. The van der Waals surface area contributed by atoms with Crippen molar-refractivity contribution in [2.45, 2.75) is 19.4 Å². The number of imide groups is 1. The van der Waals surface area contributed by atoms with Gasteiger partial charge >= 0.3 is 6.01 Å². The number of rotatable bonds is 3. The van der Waals surface area contributed by atoms with E-state index in [0.717, 1.165) is 0 Å². The van der Waals surface area contributed by atoms with Gasteiger partial charge in [0.1, 0.15) is 12.1 Å². The molecule has 9 heteroatoms. The van der Waals surface area contributed by atoms with E-state index in [4.69, 9.17) is 4.74 Å². The van der Waals surface area contributed by atoms with Crippen LogP contribution >= 0.6 is 0 Å². The molecule has 2 N–H and O–H groups in total. The van der Waals surface area contributed by atoms with E-state index < -0.39 is 17.4 Å². The van der Waals surface area contributed by atoms with Gasteiger partial charge in [0, 0.05) is 7.05 Å². The first-order valence-electron chi connectivity index (χ1n) is 5.98. The van der Waals surface area contributed by atoms with E-state index in [1.807, 2.05) is 0 Å². The van der Waals surface area contributed by atoms with Crippen molar-refractivity contribution in [2.24, 2.45) is 0 Å². The van der Waals surface area contributed by atoms with Crippen molar-refractivity contribution in [1.29, 1.82) is 0 Å². The van der Waals surface area contributed by atoms with Crippen LogP contribution in [0.3, 0.4) is 0 Å². The monoisotopic (exact) mass is 280 g/mol. The minimum Gasteiger partial charge on any atom is -0.467 e. The van der Waals surface area contributed by atoms with Crippen molar-refractivity contribution in [3.8, 4) is 6.01 Å². The van der Waals surface area contributed by atoms with Crippen LogP contribution in [-0.4, -0.2) is 53.0 Å². The van der Waals surface area contributed by atoms with Crippen LogP contribution in [0.5, 0.6) is 6.01 Å². The molecule has 1 aromatic rings. The quantitative estimate of drug-likeness (QED) is 0.690. The number of methoxy groups -OCH3 is 1. The van der Waals surface area contributed by atoms with Crippen molar-refractivity contribution < 1.29 is 14.3 Å². The third kappa shape index (κ3) is 2.33. The molecule has 0 saturated carbocycles. The molecule has 0 atom stereocenters. The Kier molecular flexibility index (Phi) is 3.43. The van der Waals surface area contributed by atoms with Gasteiger partial charge in [-0.1, -0.05) is 0 Å². The molecule has 108 valence electrons. The molecular formula is C11H16N6O3. The third-order valence-electron chi connectivity index (χ3n) is 3.04. The summed E-state index contributed by atoms with van der Waals surface area (Å²) in [7, 11) is 3.08. The lowest BCUT2D eigenvalue weighted by Crippen LogP contribution is -2.64. The number of carbonyl (C=O) groups is 2. The van der Waals surface area contributed by atoms with Crippen LogP contribution in [0, 0.1) is 0 Å². The fraction of sp³-hybridized carbons (Fsp3) is 0.545. The average Bonchev–Trinajstić information content (AvgIpc) is 2.42. The molecule has 1 aromatic heterocycles. The second kappa shape index (κ2) is 4.91. The highest BCUT2D eigenvalue weighted by Crippen LogP contribution is 2.25. The fourth-order valence-electron chi connectivity index (χ4n) is 1.77. The van der Waals surface area contributed by atoms with E-state index in [1.54, 1.807) is 20.9 Å². The van der Waals surface area contributed by atoms with Crippen molar-refractivity contribution in [3.05, 3.63) is 0 Å². The van der Waals surface area contributed by atoms with Crippen LogP contribution in [-0.2, 0) is 9.59 Å². The van der Waals surface area contributed by atoms with Crippen molar-refractivity contribution in [1.82, 2.24) is 20.3 Å². The molecule has 0 spiro atoms. The summed E-state index contributed by atoms with van der Waals surface area (Å²) in [6.45, 7) is 3.35. The van der Waals surface area contributed by atoms with Gasteiger partial charge in [-0.15, -0.1) is 0 Å². The molecule has 0 aliphatic carbocycles. The standard InChI is InChI=1S/C11H16N6O3/c1-11(2)7(19)13-6(18)5-17(11)9-14-8(12-3)15-10(16-9)20-4/h5H2,1-4H3,(H,13,18,19)(H,12,14,15,16). The lowest BCUT2D eigenvalue weighted by atomic mass is 9.99. The Hall–Kier alpha value is -2.45. The number of nitrogens with one attached hydrogen (secondary N) is 2. The number of aromatic nitrogens is 3. The summed E-state index contributed by atoms with van der Waals surface area (Å²) in [5.41, 5.74) is -0.953. The highest BCUT2D eigenvalue weighted by atomic mass is 16.5. The largest absolute Gasteiger partial charge is 0.467 e. The Morgan fingerprint density at radius 1 is 1.30 bits per heavy atom. The number of anilines is 2. The molecular weight excluding hydrogens is 264 g/mol. The summed E-state index contributed by atoms with van der Waals surface area (Å²) in [4.78, 5) is 37.3. The van der Waals surface area contributed by atoms with Gasteiger partial charge in [0.2, 0.25) is 17.8 Å². The highest BCUT2D eigenvalue weighted by molar-refractivity contribution is 6.06. The first-order valence-corrected chi connectivity index (χ1v) is 5.98. The number of nitrogens with zero attached hydrogens (tertiary/aromatic N) is 4. The van der Waals surface area contributed by atoms with Crippen LogP contribution in [0.4, 0.5) is 11.9 Å². The maximum Gasteiger partial charge on any atom is 0.322 e. The van der Waals surface area contributed by atoms with Crippen LogP contribution in [0.25, 0.3) is 0 Å². The Morgan fingerprint density at radius 2 is 2.00 bits per heavy atom. The number of ether oxygens (including phenoxy) is 1. The molecule has 20 heavy (non-hydrogen) atoms. The first kappa shape index (κ1) is 14.0. The Labute approximate surface area is 115 Å². The fourth-order valence-corrected chi connectivity index (χ4v) is 1.77. The van der Waals surface area contributed by atoms with Gasteiger partial charge in [-0.3, -0.25) is 14.9 Å². The molecule has 0 aromatic carbocycles. The number of hydrogen-bond donors (Lipinski definition) is 2. The lowest BCUT2D eigenvalue weighted by molar-refractivity contribution is -0.135. The number of piperazine rings is 1. The molecule has 0 unspecified atom stereocenters. The van der Waals surface area contributed by atoms with Gasteiger partial charge in [-0.05, 0) is 13.8 Å². The van der Waals surface area contributed by atoms with Gasteiger partial charge in [0.05, 0.1) is 7.11 Å². The molecule has 1 fully saturated rings. The minimum atomic E-state index is -0.953. The Bertz CT molecular complexity index is 537. The first-order chi connectivity index (χ1) is 9.38. The summed E-state index contributed by atoms with van der Waals surface area (Å²) in [6.07, 6.45) is 0. The summed E-state index contributed by atoms with van der Waals surface area (Å²) in [5, 5.41) is 5.07. The summed E-state index contributed by atoms with van der Waals surface area (Å²) in [5.74, 6) is -0.311. The van der Waals surface area contributed by atoms with Crippen LogP contribution in [0.15, 0.2) is 0 Å². The molecule has 1 aliphatic heterocycles. The van der Waals surface area contributed by atoms with Gasteiger partial charge < -0.3 is 15.0 Å². The molecule has 1 aliphatic rings. The van der Waals surface area contributed by atoms with E-state index in [-0.39, 0.29) is 18.5 Å². The average molecular weight is 280 g/mol. The topological polar surface area (TPSA) is 109 Å². The summed E-state index contributed by atoms with van der Waals surface area (Å²) < 4.78 is 5.00. The number of hydrogen-bond acceptors (Lipinski definition) is 8. The summed E-state index contributed by atoms with van der Waals surface area (Å²) in [6, 6.07) is 0.105. The van der Waals surface area contributed by atoms with E-state index in [9.17, 15) is 9.59 Å². The van der Waals surface area contributed by atoms with E-state index in [0.29, 0.717) is 5.95 Å². The molecule has 2 amide bonds. The van der Waals surface area contributed by atoms with Crippen molar-refractivity contribution in [3.63, 3.8) is 0 Å². The molecule has 9 nitrogen and oxygen atoms in total. The van der Waals surface area contributed by atoms with Crippen molar-refractivity contribution >= 4 is 23.7 Å². The SMILES string of the molecule is CNc1nc(OC)nc(N2CC(=O)NC(=O)C2(C)C)n1. The van der Waals surface area contributed by atoms with Crippen LogP contribution in [0.2, 0.25) is 0 Å². The van der Waals surface area contributed by atoms with Crippen LogP contribution < -0.4 is 20.3 Å². The molecule has 2 rings (SSSR count). The predicted molar refractivity (Wildman–Crippen MR) is 70.5 cm³/mol. The number of carbonyl (C=O) groups excluding carboxylic acids is 2. The van der Waals surface area contributed by atoms with Crippen LogP contribution in [0.1, 0.15) is 13.8 Å². The minimum absolute atomic E-state index is 0.0188. The van der Waals surface area contributed by atoms with E-state index in [2.05, 4.69) is 25.6 Å². The Balaban J connectivity index is 2.47. The molecule has 0 radical (unpaired) electrons. The van der Waals surface area contributed by atoms with Crippen molar-refractivity contribution in [2.75, 3.05) is 30.9 Å². The van der Waals surface area contributed by atoms with Gasteiger partial charge in [0.25, 0.3) is 5.91 Å². The van der Waals surface area contributed by atoms with Gasteiger partial charge in [-0.2, -0.15) is 15.0 Å².